The number of nitrogens with two attached hydrogens (primary N) is 1. The topological polar surface area (TPSA) is 89.7 Å². The van der Waals surface area contributed by atoms with Gasteiger partial charge in [-0.3, -0.25) is 9.69 Å². The second kappa shape index (κ2) is 13.9. The lowest BCUT2D eigenvalue weighted by Crippen LogP contribution is -2.39. The Morgan fingerprint density at radius 2 is 1.94 bits per heavy atom. The molecule has 8 heteroatoms. The summed E-state index contributed by atoms with van der Waals surface area (Å²) in [7, 11) is 0. The van der Waals surface area contributed by atoms with Crippen molar-refractivity contribution in [3.05, 3.63) is 70.6 Å². The summed E-state index contributed by atoms with van der Waals surface area (Å²) in [6.45, 7) is 10.2. The van der Waals surface area contributed by atoms with E-state index >= 15 is 0 Å². The van der Waals surface area contributed by atoms with E-state index in [1.54, 1.807) is 0 Å². The van der Waals surface area contributed by atoms with Gasteiger partial charge in [0.2, 0.25) is 5.88 Å². The molecule has 1 aromatic carbocycles. The Labute approximate surface area is 219 Å². The number of rotatable bonds is 11. The molecule has 7 nitrogen and oxygen atoms in total. The van der Waals surface area contributed by atoms with Gasteiger partial charge in [-0.2, -0.15) is 4.98 Å². The fourth-order valence-corrected chi connectivity index (χ4v) is 4.39. The van der Waals surface area contributed by atoms with Gasteiger partial charge in [0.15, 0.2) is 5.15 Å². The van der Waals surface area contributed by atoms with Crippen LogP contribution in [0, 0.1) is 5.92 Å². The molecule has 194 valence electrons. The van der Waals surface area contributed by atoms with Gasteiger partial charge in [-0.25, -0.2) is 0 Å². The van der Waals surface area contributed by atoms with Gasteiger partial charge in [0.1, 0.15) is 11.3 Å². The van der Waals surface area contributed by atoms with E-state index < -0.39 is 0 Å². The zero-order valence-electron chi connectivity index (χ0n) is 21.4. The highest BCUT2D eigenvalue weighted by atomic mass is 35.5. The van der Waals surface area contributed by atoms with Crippen molar-refractivity contribution in [2.75, 3.05) is 45.1 Å². The molecule has 2 aromatic rings. The number of allylic oxidation sites excluding steroid dienone is 3. The number of piperidine rings is 1. The molecule has 1 fully saturated rings. The minimum Gasteiger partial charge on any atom is -0.497 e. The molecule has 1 aliphatic rings. The third-order valence-electron chi connectivity index (χ3n) is 6.20. The molecule has 0 spiro atoms. The first-order valence-electron chi connectivity index (χ1n) is 12.6. The maximum atomic E-state index is 12.8. The summed E-state index contributed by atoms with van der Waals surface area (Å²) in [5.74, 6) is 1.32. The van der Waals surface area contributed by atoms with Gasteiger partial charge in [0.05, 0.1) is 25.4 Å². The molecule has 1 amide bonds. The number of nitrogen functional groups attached to an aromatic ring is 1. The van der Waals surface area contributed by atoms with E-state index in [4.69, 9.17) is 26.8 Å². The molecular weight excluding hydrogens is 476 g/mol. The van der Waals surface area contributed by atoms with Crippen LogP contribution in [0.1, 0.15) is 49.5 Å². The number of carbonyl (C=O) groups excluding carboxylic acids is 1. The predicted octanol–water partition coefficient (Wildman–Crippen LogP) is 5.18. The van der Waals surface area contributed by atoms with Crippen LogP contribution in [0.4, 0.5) is 5.69 Å². The summed E-state index contributed by atoms with van der Waals surface area (Å²) in [5, 5.41) is 3.15. The van der Waals surface area contributed by atoms with Crippen LogP contribution in [0.3, 0.4) is 0 Å². The van der Waals surface area contributed by atoms with E-state index in [0.717, 1.165) is 43.8 Å². The summed E-state index contributed by atoms with van der Waals surface area (Å²) in [4.78, 5) is 19.3. The number of halogens is 1. The van der Waals surface area contributed by atoms with Crippen molar-refractivity contribution in [1.29, 1.82) is 0 Å². The highest BCUT2D eigenvalue weighted by molar-refractivity contribution is 6.32. The van der Waals surface area contributed by atoms with Gasteiger partial charge in [-0.05, 0) is 75.9 Å². The van der Waals surface area contributed by atoms with Crippen LogP contribution in [0.5, 0.6) is 5.88 Å². The van der Waals surface area contributed by atoms with Crippen molar-refractivity contribution in [1.82, 2.24) is 15.2 Å². The molecule has 3 rings (SSSR count). The van der Waals surface area contributed by atoms with E-state index in [1.165, 1.54) is 11.6 Å². The molecule has 1 aromatic heterocycles. The Bertz CT molecular complexity index is 1060. The Hall–Kier alpha value is -3.03. The second-order valence-corrected chi connectivity index (χ2v) is 9.10. The summed E-state index contributed by atoms with van der Waals surface area (Å²) < 4.78 is 11.5. The SMILES string of the molecule is CC=C(C=C(CN1CCC(CNC(=O)c2cc(N)c(Cl)nc2OCC)CC1)OCC)c1ccccc1. The standard InChI is InChI=1S/C28H37ClN4O3/c1-4-21(22-10-8-7-9-11-22)16-23(35-5-2)19-33-14-12-20(13-15-33)18-31-27(34)24-17-25(30)26(29)32-28(24)36-6-3/h4,7-11,16-17,20H,5-6,12-15,18-19,30H2,1-3H3,(H,31,34). The van der Waals surface area contributed by atoms with Crippen LogP contribution >= 0.6 is 11.6 Å². The van der Waals surface area contributed by atoms with Crippen molar-refractivity contribution in [2.45, 2.75) is 33.6 Å². The van der Waals surface area contributed by atoms with Crippen LogP contribution in [-0.4, -0.2) is 55.2 Å². The number of nitrogens with zero attached hydrogens (tertiary/aromatic N) is 2. The third kappa shape index (κ3) is 7.73. The summed E-state index contributed by atoms with van der Waals surface area (Å²) in [5.41, 5.74) is 8.75. The lowest BCUT2D eigenvalue weighted by atomic mass is 9.96. The zero-order valence-corrected chi connectivity index (χ0v) is 22.2. The third-order valence-corrected chi connectivity index (χ3v) is 6.50. The molecular formula is C28H37ClN4O3. The Morgan fingerprint density at radius 1 is 1.22 bits per heavy atom. The predicted molar refractivity (Wildman–Crippen MR) is 146 cm³/mol. The molecule has 0 unspecified atom stereocenters. The molecule has 1 saturated heterocycles. The highest BCUT2D eigenvalue weighted by Crippen LogP contribution is 2.26. The average Bonchev–Trinajstić information content (AvgIpc) is 2.89. The van der Waals surface area contributed by atoms with E-state index in [1.807, 2.05) is 39.0 Å². The monoisotopic (exact) mass is 512 g/mol. The van der Waals surface area contributed by atoms with Gasteiger partial charge in [0.25, 0.3) is 5.91 Å². The Morgan fingerprint density at radius 3 is 2.58 bits per heavy atom. The minimum absolute atomic E-state index is 0.133. The normalized spacial score (nSPS) is 15.6. The van der Waals surface area contributed by atoms with Crippen molar-refractivity contribution in [3.8, 4) is 5.88 Å². The minimum atomic E-state index is -0.252. The number of carbonyl (C=O) groups is 1. The summed E-state index contributed by atoms with van der Waals surface area (Å²) in [6, 6.07) is 11.9. The Kier molecular flexibility index (Phi) is 10.6. The Balaban J connectivity index is 1.54. The molecule has 1 aliphatic heterocycles. The maximum absolute atomic E-state index is 12.8. The van der Waals surface area contributed by atoms with Crippen molar-refractivity contribution in [3.63, 3.8) is 0 Å². The highest BCUT2D eigenvalue weighted by Gasteiger charge is 2.23. The lowest BCUT2D eigenvalue weighted by Gasteiger charge is -2.32. The first kappa shape index (κ1) is 27.6. The smallest absolute Gasteiger partial charge is 0.256 e. The van der Waals surface area contributed by atoms with Crippen LogP contribution < -0.4 is 15.8 Å². The first-order chi connectivity index (χ1) is 17.4. The first-order valence-corrected chi connectivity index (χ1v) is 13.0. The van der Waals surface area contributed by atoms with Crippen molar-refractivity contribution in [2.24, 2.45) is 5.92 Å². The van der Waals surface area contributed by atoms with Crippen molar-refractivity contribution < 1.29 is 14.3 Å². The lowest BCUT2D eigenvalue weighted by molar-refractivity contribution is 0.0929. The van der Waals surface area contributed by atoms with Gasteiger partial charge in [0, 0.05) is 6.54 Å². The molecule has 36 heavy (non-hydrogen) atoms. The molecule has 0 saturated carbocycles. The average molecular weight is 513 g/mol. The molecule has 0 aliphatic carbocycles. The largest absolute Gasteiger partial charge is 0.497 e. The van der Waals surface area contributed by atoms with E-state index in [2.05, 4.69) is 39.5 Å². The van der Waals surface area contributed by atoms with Crippen LogP contribution in [0.25, 0.3) is 5.57 Å². The maximum Gasteiger partial charge on any atom is 0.256 e. The summed E-state index contributed by atoms with van der Waals surface area (Å²) >= 11 is 5.99. The number of aromatic nitrogens is 1. The van der Waals surface area contributed by atoms with E-state index in [9.17, 15) is 4.79 Å². The molecule has 0 atom stereocenters. The number of ether oxygens (including phenoxy) is 2. The van der Waals surface area contributed by atoms with Crippen LogP contribution in [0.15, 0.2) is 54.3 Å². The molecule has 2 heterocycles. The molecule has 0 radical (unpaired) electrons. The summed E-state index contributed by atoms with van der Waals surface area (Å²) in [6.07, 6.45) is 6.25. The number of benzene rings is 1. The van der Waals surface area contributed by atoms with Gasteiger partial charge in [-0.15, -0.1) is 0 Å². The number of amides is 1. The van der Waals surface area contributed by atoms with Gasteiger partial charge >= 0.3 is 0 Å². The van der Waals surface area contributed by atoms with Gasteiger partial charge in [-0.1, -0.05) is 48.0 Å². The number of anilines is 1. The number of hydrogen-bond acceptors (Lipinski definition) is 6. The fraction of sp³-hybridized carbons (Fsp3) is 0.429. The van der Waals surface area contributed by atoms with Crippen LogP contribution in [0.2, 0.25) is 5.15 Å². The number of pyridine rings is 1. The fourth-order valence-electron chi connectivity index (χ4n) is 4.26. The molecule has 0 bridgehead atoms. The van der Waals surface area contributed by atoms with E-state index in [-0.39, 0.29) is 22.6 Å². The second-order valence-electron chi connectivity index (χ2n) is 8.74. The van der Waals surface area contributed by atoms with Gasteiger partial charge < -0.3 is 20.5 Å². The van der Waals surface area contributed by atoms with Crippen molar-refractivity contribution >= 4 is 28.8 Å². The number of hydrogen-bond donors (Lipinski definition) is 2. The number of nitrogens with one attached hydrogen (secondary N) is 1. The van der Waals surface area contributed by atoms with E-state index in [0.29, 0.717) is 31.2 Å². The zero-order chi connectivity index (χ0) is 25.9. The quantitative estimate of drug-likeness (QED) is 0.245. The molecule has 3 N–H and O–H groups in total. The number of likely N-dealkylation sites (tertiary alicyclic amines) is 1. The van der Waals surface area contributed by atoms with Crippen LogP contribution in [-0.2, 0) is 4.74 Å².